The molecule has 110 valence electrons. The molecule has 1 aliphatic rings. The maximum Gasteiger partial charge on any atom is 0.277 e. The standard InChI is InChI=1S/C17H13FN2O2/c1-20-16(21)14(11-7-9-12(18)10-8-11)15(17(20)22)19-13-5-3-2-4-6-13/h2-10,19H,1H3. The van der Waals surface area contributed by atoms with Gasteiger partial charge in [0.1, 0.15) is 11.5 Å². The van der Waals surface area contributed by atoms with E-state index in [0.29, 0.717) is 11.3 Å². The van der Waals surface area contributed by atoms with Crippen molar-refractivity contribution in [2.45, 2.75) is 0 Å². The maximum absolute atomic E-state index is 13.1. The molecular formula is C17H13FN2O2. The van der Waals surface area contributed by atoms with Gasteiger partial charge in [0.2, 0.25) is 0 Å². The highest BCUT2D eigenvalue weighted by Crippen LogP contribution is 2.29. The number of carbonyl (C=O) groups is 2. The van der Waals surface area contributed by atoms with E-state index in [-0.39, 0.29) is 11.3 Å². The van der Waals surface area contributed by atoms with Gasteiger partial charge in [-0.3, -0.25) is 14.5 Å². The summed E-state index contributed by atoms with van der Waals surface area (Å²) in [6.07, 6.45) is 0. The third-order valence-electron chi connectivity index (χ3n) is 3.46. The van der Waals surface area contributed by atoms with Gasteiger partial charge < -0.3 is 5.32 Å². The molecule has 1 aliphatic heterocycles. The predicted octanol–water partition coefficient (Wildman–Crippen LogP) is 2.65. The van der Waals surface area contributed by atoms with Crippen LogP contribution >= 0.6 is 0 Å². The molecule has 0 bridgehead atoms. The van der Waals surface area contributed by atoms with Crippen molar-refractivity contribution in [2.24, 2.45) is 0 Å². The number of anilines is 1. The van der Waals surface area contributed by atoms with Gasteiger partial charge in [-0.2, -0.15) is 0 Å². The normalized spacial score (nSPS) is 14.7. The van der Waals surface area contributed by atoms with Crippen molar-refractivity contribution in [1.29, 1.82) is 0 Å². The summed E-state index contributed by atoms with van der Waals surface area (Å²) in [4.78, 5) is 25.6. The summed E-state index contributed by atoms with van der Waals surface area (Å²) >= 11 is 0. The minimum absolute atomic E-state index is 0.199. The molecule has 5 heteroatoms. The molecular weight excluding hydrogens is 283 g/mol. The number of likely N-dealkylation sites (N-methyl/N-ethyl adjacent to an activating group) is 1. The molecule has 0 unspecified atom stereocenters. The van der Waals surface area contributed by atoms with Crippen molar-refractivity contribution >= 4 is 23.1 Å². The first-order valence-corrected chi connectivity index (χ1v) is 6.72. The van der Waals surface area contributed by atoms with Crippen molar-refractivity contribution in [3.63, 3.8) is 0 Å². The highest BCUT2D eigenvalue weighted by molar-refractivity contribution is 6.36. The van der Waals surface area contributed by atoms with Gasteiger partial charge in [-0.1, -0.05) is 30.3 Å². The van der Waals surface area contributed by atoms with Crippen LogP contribution in [0, 0.1) is 5.82 Å². The molecule has 1 heterocycles. The number of benzene rings is 2. The van der Waals surface area contributed by atoms with Crippen molar-refractivity contribution in [3.8, 4) is 0 Å². The number of nitrogens with one attached hydrogen (secondary N) is 1. The Hall–Kier alpha value is -2.95. The molecule has 3 rings (SSSR count). The molecule has 2 amide bonds. The predicted molar refractivity (Wildman–Crippen MR) is 81.2 cm³/mol. The first-order chi connectivity index (χ1) is 10.6. The summed E-state index contributed by atoms with van der Waals surface area (Å²) in [6.45, 7) is 0. The molecule has 0 atom stereocenters. The van der Waals surface area contributed by atoms with E-state index in [9.17, 15) is 14.0 Å². The highest BCUT2D eigenvalue weighted by Gasteiger charge is 2.36. The number of hydrogen-bond donors (Lipinski definition) is 1. The number of para-hydroxylation sites is 1. The first-order valence-electron chi connectivity index (χ1n) is 6.72. The Labute approximate surface area is 126 Å². The van der Waals surface area contributed by atoms with E-state index >= 15 is 0 Å². The van der Waals surface area contributed by atoms with Crippen molar-refractivity contribution < 1.29 is 14.0 Å². The second kappa shape index (κ2) is 5.44. The van der Waals surface area contributed by atoms with Gasteiger partial charge >= 0.3 is 0 Å². The number of amides is 2. The SMILES string of the molecule is CN1C(=O)C(Nc2ccccc2)=C(c2ccc(F)cc2)C1=O. The molecule has 4 nitrogen and oxygen atoms in total. The lowest BCUT2D eigenvalue weighted by Crippen LogP contribution is -2.27. The van der Waals surface area contributed by atoms with Gasteiger partial charge in [0.05, 0.1) is 5.57 Å². The second-order valence-electron chi connectivity index (χ2n) is 4.92. The molecule has 2 aromatic rings. The number of nitrogens with zero attached hydrogens (tertiary/aromatic N) is 1. The fraction of sp³-hybridized carbons (Fsp3) is 0.0588. The van der Waals surface area contributed by atoms with Crippen LogP contribution in [0.1, 0.15) is 5.56 Å². The number of imide groups is 1. The van der Waals surface area contributed by atoms with Gasteiger partial charge in [0.15, 0.2) is 0 Å². The summed E-state index contributed by atoms with van der Waals surface area (Å²) in [5.41, 5.74) is 1.65. The van der Waals surface area contributed by atoms with E-state index < -0.39 is 17.6 Å². The van der Waals surface area contributed by atoms with Crippen molar-refractivity contribution in [2.75, 3.05) is 12.4 Å². The van der Waals surface area contributed by atoms with Crippen LogP contribution in [0.3, 0.4) is 0 Å². The van der Waals surface area contributed by atoms with Crippen LogP contribution in [0.25, 0.3) is 5.57 Å². The quantitative estimate of drug-likeness (QED) is 0.886. The van der Waals surface area contributed by atoms with Crippen LogP contribution in [0.5, 0.6) is 0 Å². The Morgan fingerprint density at radius 2 is 1.55 bits per heavy atom. The lowest BCUT2D eigenvalue weighted by atomic mass is 10.0. The lowest BCUT2D eigenvalue weighted by molar-refractivity contribution is -0.135. The Balaban J connectivity index is 2.08. The smallest absolute Gasteiger partial charge is 0.277 e. The summed E-state index contributed by atoms with van der Waals surface area (Å²) in [6, 6.07) is 14.6. The molecule has 0 spiro atoms. The van der Waals surface area contributed by atoms with E-state index in [4.69, 9.17) is 0 Å². The third kappa shape index (κ3) is 2.37. The Morgan fingerprint density at radius 1 is 0.909 bits per heavy atom. The molecule has 2 aromatic carbocycles. The van der Waals surface area contributed by atoms with Crippen molar-refractivity contribution in [1.82, 2.24) is 4.90 Å². The summed E-state index contributed by atoms with van der Waals surface area (Å²) < 4.78 is 13.1. The van der Waals surface area contributed by atoms with Gasteiger partial charge in [0.25, 0.3) is 11.8 Å². The van der Waals surface area contributed by atoms with Crippen LogP contribution in [0.4, 0.5) is 10.1 Å². The zero-order valence-electron chi connectivity index (χ0n) is 11.8. The van der Waals surface area contributed by atoms with E-state index in [2.05, 4.69) is 5.32 Å². The first kappa shape index (κ1) is 14.0. The average molecular weight is 296 g/mol. The molecule has 22 heavy (non-hydrogen) atoms. The van der Waals surface area contributed by atoms with Gasteiger partial charge in [-0.25, -0.2) is 4.39 Å². The summed E-state index contributed by atoms with van der Waals surface area (Å²) in [5, 5.41) is 2.99. The van der Waals surface area contributed by atoms with E-state index in [1.807, 2.05) is 18.2 Å². The van der Waals surface area contributed by atoms with Crippen LogP contribution < -0.4 is 5.32 Å². The van der Waals surface area contributed by atoms with E-state index in [1.54, 1.807) is 12.1 Å². The molecule has 0 aromatic heterocycles. The topological polar surface area (TPSA) is 49.4 Å². The zero-order chi connectivity index (χ0) is 15.7. The average Bonchev–Trinajstić information content (AvgIpc) is 2.74. The van der Waals surface area contributed by atoms with E-state index in [0.717, 1.165) is 4.90 Å². The second-order valence-corrected chi connectivity index (χ2v) is 4.92. The molecule has 0 saturated heterocycles. The lowest BCUT2D eigenvalue weighted by Gasteiger charge is -2.08. The summed E-state index contributed by atoms with van der Waals surface area (Å²) in [5.74, 6) is -1.21. The molecule has 0 fully saturated rings. The summed E-state index contributed by atoms with van der Waals surface area (Å²) in [7, 11) is 1.42. The maximum atomic E-state index is 13.1. The number of carbonyl (C=O) groups excluding carboxylic acids is 2. The Bertz CT molecular complexity index is 767. The monoisotopic (exact) mass is 296 g/mol. The minimum Gasteiger partial charge on any atom is -0.350 e. The fourth-order valence-electron chi connectivity index (χ4n) is 2.31. The number of rotatable bonds is 3. The Morgan fingerprint density at radius 3 is 2.18 bits per heavy atom. The molecule has 1 N–H and O–H groups in total. The van der Waals surface area contributed by atoms with Gasteiger partial charge in [-0.05, 0) is 29.8 Å². The number of halogens is 1. The van der Waals surface area contributed by atoms with E-state index in [1.165, 1.54) is 31.3 Å². The molecule has 0 saturated carbocycles. The minimum atomic E-state index is -0.409. The zero-order valence-corrected chi connectivity index (χ0v) is 11.8. The molecule has 0 aliphatic carbocycles. The van der Waals surface area contributed by atoms with Gasteiger partial charge in [-0.15, -0.1) is 0 Å². The van der Waals surface area contributed by atoms with Crippen LogP contribution in [0.15, 0.2) is 60.3 Å². The fourth-order valence-corrected chi connectivity index (χ4v) is 2.31. The van der Waals surface area contributed by atoms with Crippen LogP contribution in [-0.2, 0) is 9.59 Å². The Kier molecular flexibility index (Phi) is 3.47. The molecule has 0 radical (unpaired) electrons. The van der Waals surface area contributed by atoms with Gasteiger partial charge in [0, 0.05) is 12.7 Å². The number of hydrogen-bond acceptors (Lipinski definition) is 3. The largest absolute Gasteiger partial charge is 0.350 e. The van der Waals surface area contributed by atoms with Crippen LogP contribution in [0.2, 0.25) is 0 Å². The highest BCUT2D eigenvalue weighted by atomic mass is 19.1. The van der Waals surface area contributed by atoms with Crippen LogP contribution in [-0.4, -0.2) is 23.8 Å². The third-order valence-corrected chi connectivity index (χ3v) is 3.46. The van der Waals surface area contributed by atoms with Crippen molar-refractivity contribution in [3.05, 3.63) is 71.7 Å².